The van der Waals surface area contributed by atoms with Crippen molar-refractivity contribution < 1.29 is 19.2 Å². The van der Waals surface area contributed by atoms with Crippen LogP contribution in [0.15, 0.2) is 36.4 Å². The molecule has 306 valence electrons. The first-order valence-electron chi connectivity index (χ1n) is 22.9. The summed E-state index contributed by atoms with van der Waals surface area (Å²) in [4.78, 5) is 53.7. The van der Waals surface area contributed by atoms with Crippen molar-refractivity contribution >= 4 is 34.8 Å². The van der Waals surface area contributed by atoms with E-state index >= 15 is 0 Å². The van der Waals surface area contributed by atoms with Crippen LogP contribution in [0.5, 0.6) is 0 Å². The Kier molecular flexibility index (Phi) is 24.3. The Balaban J connectivity index is 1.39. The third kappa shape index (κ3) is 18.0. The molecule has 0 saturated carbocycles. The normalized spacial score (nSPS) is 12.1. The highest BCUT2D eigenvalue weighted by Gasteiger charge is 2.34. The van der Waals surface area contributed by atoms with Crippen LogP contribution in [0.25, 0.3) is 0 Å². The second-order valence-corrected chi connectivity index (χ2v) is 16.3. The molecule has 3 rings (SSSR count). The third-order valence-electron chi connectivity index (χ3n) is 11.4. The topological polar surface area (TPSA) is 92.3 Å². The number of unbranched alkanes of at least 4 members (excludes halogenated alkanes) is 27. The van der Waals surface area contributed by atoms with E-state index in [4.69, 9.17) is 0 Å². The van der Waals surface area contributed by atoms with E-state index in [2.05, 4.69) is 24.5 Å². The van der Waals surface area contributed by atoms with Gasteiger partial charge in [0.1, 0.15) is 0 Å². The molecule has 55 heavy (non-hydrogen) atoms. The van der Waals surface area contributed by atoms with Gasteiger partial charge in [-0.15, -0.1) is 0 Å². The number of benzene rings is 2. The minimum Gasteiger partial charge on any atom is -0.325 e. The lowest BCUT2D eigenvalue weighted by molar-refractivity contribution is -0.117. The Morgan fingerprint density at radius 3 is 0.909 bits per heavy atom. The van der Waals surface area contributed by atoms with E-state index in [0.29, 0.717) is 35.3 Å². The van der Waals surface area contributed by atoms with Crippen LogP contribution >= 0.6 is 0 Å². The maximum absolute atomic E-state index is 13.8. The van der Waals surface area contributed by atoms with Gasteiger partial charge in [-0.3, -0.25) is 19.2 Å². The summed E-state index contributed by atoms with van der Waals surface area (Å²) in [5.41, 5.74) is 1.65. The molecule has 1 aliphatic rings. The van der Waals surface area contributed by atoms with Gasteiger partial charge in [-0.1, -0.05) is 211 Å². The zero-order valence-electron chi connectivity index (χ0n) is 35.0. The molecule has 0 aliphatic heterocycles. The number of fused-ring (bicyclic) bond motifs is 2. The van der Waals surface area contributed by atoms with Gasteiger partial charge in [0.25, 0.3) is 0 Å². The number of carbonyl (C=O) groups excluding carboxylic acids is 4. The lowest BCUT2D eigenvalue weighted by Crippen LogP contribution is -2.26. The molecule has 0 atom stereocenters. The Bertz CT molecular complexity index is 1420. The zero-order chi connectivity index (χ0) is 39.4. The number of rotatable bonds is 33. The number of nitrogens with one attached hydrogen (secondary N) is 2. The average Bonchev–Trinajstić information content (AvgIpc) is 3.19. The van der Waals surface area contributed by atoms with Gasteiger partial charge < -0.3 is 10.6 Å². The van der Waals surface area contributed by atoms with Gasteiger partial charge >= 0.3 is 0 Å². The van der Waals surface area contributed by atoms with E-state index in [9.17, 15) is 19.2 Å². The number of anilines is 2. The molecule has 0 saturated heterocycles. The summed E-state index contributed by atoms with van der Waals surface area (Å²) in [5.74, 6) is -0.943. The van der Waals surface area contributed by atoms with Crippen molar-refractivity contribution in [3.05, 3.63) is 58.7 Å². The monoisotopic (exact) mass is 757 g/mol. The zero-order valence-corrected chi connectivity index (χ0v) is 35.0. The lowest BCUT2D eigenvalue weighted by atomic mass is 9.82. The highest BCUT2D eigenvalue weighted by Crippen LogP contribution is 2.37. The Morgan fingerprint density at radius 1 is 0.382 bits per heavy atom. The highest BCUT2D eigenvalue weighted by molar-refractivity contribution is 6.32. The average molecular weight is 757 g/mol. The number of carbonyl (C=O) groups is 4. The SMILES string of the molecule is CCCCCCCCCCCCCCCCCC(=O)Nc1ccc(NC(=O)CCCCCCCCCCCCCCCC)c2c1C(=O)c1ccccc1C2=O. The molecule has 0 spiro atoms. The van der Waals surface area contributed by atoms with Crippen LogP contribution in [0.2, 0.25) is 0 Å². The van der Waals surface area contributed by atoms with Crippen molar-refractivity contribution in [2.75, 3.05) is 10.6 Å². The first kappa shape index (κ1) is 46.1. The summed E-state index contributed by atoms with van der Waals surface area (Å²) in [7, 11) is 0. The second-order valence-electron chi connectivity index (χ2n) is 16.3. The molecule has 1 aliphatic carbocycles. The minimum absolute atomic E-state index is 0.161. The van der Waals surface area contributed by atoms with Crippen LogP contribution in [0.4, 0.5) is 11.4 Å². The van der Waals surface area contributed by atoms with E-state index in [1.54, 1.807) is 36.4 Å². The fourth-order valence-corrected chi connectivity index (χ4v) is 7.99. The Hall–Kier alpha value is -3.28. The fourth-order valence-electron chi connectivity index (χ4n) is 7.99. The molecule has 0 unspecified atom stereocenters. The van der Waals surface area contributed by atoms with Gasteiger partial charge in [0.05, 0.1) is 22.5 Å². The van der Waals surface area contributed by atoms with Gasteiger partial charge in [0.15, 0.2) is 11.6 Å². The first-order valence-corrected chi connectivity index (χ1v) is 22.9. The Morgan fingerprint density at radius 2 is 0.636 bits per heavy atom. The van der Waals surface area contributed by atoms with Gasteiger partial charge in [-0.25, -0.2) is 0 Å². The van der Waals surface area contributed by atoms with Crippen LogP contribution < -0.4 is 10.6 Å². The van der Waals surface area contributed by atoms with Gasteiger partial charge in [-0.05, 0) is 25.0 Å². The number of ketones is 2. The van der Waals surface area contributed by atoms with Crippen molar-refractivity contribution in [3.8, 4) is 0 Å². The van der Waals surface area contributed by atoms with Crippen LogP contribution in [-0.2, 0) is 9.59 Å². The van der Waals surface area contributed by atoms with Crippen LogP contribution in [0.3, 0.4) is 0 Å². The summed E-state index contributed by atoms with van der Waals surface area (Å²) in [6.07, 6.45) is 37.2. The van der Waals surface area contributed by atoms with E-state index in [0.717, 1.165) is 38.5 Å². The van der Waals surface area contributed by atoms with Gasteiger partial charge in [0, 0.05) is 24.0 Å². The maximum atomic E-state index is 13.8. The molecular formula is C49H76N2O4. The summed E-state index contributed by atoms with van der Waals surface area (Å²) in [6, 6.07) is 10.1. The molecule has 0 bridgehead atoms. The molecule has 0 fully saturated rings. The summed E-state index contributed by atoms with van der Waals surface area (Å²) >= 11 is 0. The largest absolute Gasteiger partial charge is 0.325 e. The van der Waals surface area contributed by atoms with Crippen molar-refractivity contribution in [3.63, 3.8) is 0 Å². The molecule has 0 radical (unpaired) electrons. The van der Waals surface area contributed by atoms with Crippen molar-refractivity contribution in [1.82, 2.24) is 0 Å². The highest BCUT2D eigenvalue weighted by atomic mass is 16.2. The fraction of sp³-hybridized carbons (Fsp3) is 0.673. The number of amides is 2. The minimum atomic E-state index is -0.310. The third-order valence-corrected chi connectivity index (χ3v) is 11.4. The molecule has 0 aromatic heterocycles. The Labute approximate surface area is 335 Å². The van der Waals surface area contributed by atoms with Gasteiger partial charge in [-0.2, -0.15) is 0 Å². The van der Waals surface area contributed by atoms with Crippen LogP contribution in [0.1, 0.15) is 245 Å². The van der Waals surface area contributed by atoms with Crippen molar-refractivity contribution in [2.24, 2.45) is 0 Å². The molecule has 0 heterocycles. The molecular weight excluding hydrogens is 681 g/mol. The van der Waals surface area contributed by atoms with E-state index in [1.807, 2.05) is 0 Å². The first-order chi connectivity index (χ1) is 27.0. The maximum Gasteiger partial charge on any atom is 0.224 e. The number of hydrogen-bond donors (Lipinski definition) is 2. The quantitative estimate of drug-likeness (QED) is 0.0605. The van der Waals surface area contributed by atoms with Crippen LogP contribution in [-0.4, -0.2) is 23.4 Å². The molecule has 2 aromatic carbocycles. The van der Waals surface area contributed by atoms with E-state index < -0.39 is 0 Å². The standard InChI is InChI=1S/C49H76N2O4/c1-3-5-7-9-11-13-15-17-19-21-23-25-27-29-31-37-45(53)51-43-39-38-42(46-47(43)49(55)41-35-33-32-34-40(41)48(46)54)50-44(52)36-30-28-26-24-22-20-18-16-14-12-10-8-6-4-2/h32-35,38-39H,3-31,36-37H2,1-2H3,(H,50,52)(H,51,53). The second kappa shape index (κ2) is 29.0. The van der Waals surface area contributed by atoms with E-state index in [1.165, 1.54) is 148 Å². The molecule has 6 heteroatoms. The van der Waals surface area contributed by atoms with Crippen molar-refractivity contribution in [2.45, 2.75) is 213 Å². The van der Waals surface area contributed by atoms with Crippen molar-refractivity contribution in [1.29, 1.82) is 0 Å². The predicted molar refractivity (Wildman–Crippen MR) is 231 cm³/mol. The van der Waals surface area contributed by atoms with E-state index in [-0.39, 0.29) is 34.5 Å². The molecule has 2 N–H and O–H groups in total. The molecule has 2 amide bonds. The smallest absolute Gasteiger partial charge is 0.224 e. The molecule has 6 nitrogen and oxygen atoms in total. The summed E-state index contributed by atoms with van der Waals surface area (Å²) in [6.45, 7) is 4.53. The lowest BCUT2D eigenvalue weighted by Gasteiger charge is -2.23. The molecule has 2 aromatic rings. The summed E-state index contributed by atoms with van der Waals surface area (Å²) in [5, 5.41) is 5.88. The van der Waals surface area contributed by atoms with Crippen LogP contribution in [0, 0.1) is 0 Å². The van der Waals surface area contributed by atoms with Gasteiger partial charge in [0.2, 0.25) is 11.8 Å². The predicted octanol–water partition coefficient (Wildman–Crippen LogP) is 14.5. The summed E-state index contributed by atoms with van der Waals surface area (Å²) < 4.78 is 0. The number of hydrogen-bond acceptors (Lipinski definition) is 4.